The number of sulfonamides is 1. The van der Waals surface area contributed by atoms with Crippen LogP contribution in [0.25, 0.3) is 22.0 Å². The van der Waals surface area contributed by atoms with Gasteiger partial charge in [0.25, 0.3) is 15.7 Å². The fourth-order valence-electron chi connectivity index (χ4n) is 7.12. The topological polar surface area (TPSA) is 146 Å². The number of aromatic nitrogens is 2. The average molecular weight is 833 g/mol. The second-order valence-electron chi connectivity index (χ2n) is 14.7. The Balaban J connectivity index is 1.02. The molecular formula is C44H48N8O5S2. The predicted molar refractivity (Wildman–Crippen MR) is 237 cm³/mol. The summed E-state index contributed by atoms with van der Waals surface area (Å²) in [6, 6.07) is 36.1. The highest BCUT2D eigenvalue weighted by Gasteiger charge is 2.25. The van der Waals surface area contributed by atoms with Crippen molar-refractivity contribution in [1.82, 2.24) is 19.8 Å². The summed E-state index contributed by atoms with van der Waals surface area (Å²) in [5.41, 5.74) is 5.11. The van der Waals surface area contributed by atoms with Gasteiger partial charge in [-0.05, 0) is 98.3 Å². The molecule has 0 saturated carbocycles. The monoisotopic (exact) mass is 832 g/mol. The Morgan fingerprint density at radius 2 is 1.64 bits per heavy atom. The van der Waals surface area contributed by atoms with Crippen LogP contribution in [0.15, 0.2) is 131 Å². The van der Waals surface area contributed by atoms with E-state index in [0.717, 1.165) is 73.7 Å². The molecule has 0 spiro atoms. The standard InChI is InChI=1S/C44H48N8O5S2/c1-49(2)22-21-34(30-58-37-10-5-4-6-11-37)47-41-20-18-38(28-43(41)52(53)54)59(55,56)48-44-40-19-15-35(27-42(40)45-31-46-44)51-25-23-50(24-26-51)29-33-9-7-8-12-39(33)32-13-16-36(57-3)17-14-32/h4-20,27-28,31,34,47H,21-26,29-30H2,1-3H3,(H,45,46,48)/t34-/m1/s1. The minimum absolute atomic E-state index is 0.0911. The number of fused-ring (bicyclic) bond motifs is 1. The lowest BCUT2D eigenvalue weighted by molar-refractivity contribution is -0.384. The zero-order valence-electron chi connectivity index (χ0n) is 33.3. The summed E-state index contributed by atoms with van der Waals surface area (Å²) in [6.45, 7) is 4.96. The third-order valence-corrected chi connectivity index (χ3v) is 12.9. The largest absolute Gasteiger partial charge is 0.497 e. The molecule has 1 fully saturated rings. The number of nitro groups is 1. The van der Waals surface area contributed by atoms with Crippen molar-refractivity contribution >= 4 is 55.6 Å². The molecule has 1 atom stereocenters. The first-order valence-electron chi connectivity index (χ1n) is 19.4. The molecular weight excluding hydrogens is 785 g/mol. The van der Waals surface area contributed by atoms with Gasteiger partial charge in [0, 0.05) is 66.6 Å². The van der Waals surface area contributed by atoms with Crippen LogP contribution < -0.4 is 19.7 Å². The number of hydrogen-bond acceptors (Lipinski definition) is 12. The van der Waals surface area contributed by atoms with Gasteiger partial charge in [0.05, 0.1) is 22.4 Å². The maximum absolute atomic E-state index is 13.8. The fourth-order valence-corrected chi connectivity index (χ4v) is 9.16. The highest BCUT2D eigenvalue weighted by atomic mass is 32.2. The molecule has 7 rings (SSSR count). The first-order valence-corrected chi connectivity index (χ1v) is 21.9. The second-order valence-corrected chi connectivity index (χ2v) is 17.4. The minimum Gasteiger partial charge on any atom is -0.497 e. The van der Waals surface area contributed by atoms with Crippen molar-refractivity contribution in [2.24, 2.45) is 0 Å². The highest BCUT2D eigenvalue weighted by Crippen LogP contribution is 2.33. The number of thioether (sulfide) groups is 1. The van der Waals surface area contributed by atoms with Gasteiger partial charge in [-0.1, -0.05) is 54.6 Å². The lowest BCUT2D eigenvalue weighted by Crippen LogP contribution is -2.46. The van der Waals surface area contributed by atoms with Crippen molar-refractivity contribution in [2.45, 2.75) is 28.8 Å². The molecule has 1 aliphatic heterocycles. The summed E-state index contributed by atoms with van der Waals surface area (Å²) in [5, 5.41) is 16.2. The Labute approximate surface area is 349 Å². The number of piperazine rings is 1. The van der Waals surface area contributed by atoms with E-state index in [0.29, 0.717) is 16.7 Å². The van der Waals surface area contributed by atoms with Gasteiger partial charge < -0.3 is 19.9 Å². The summed E-state index contributed by atoms with van der Waals surface area (Å²) < 4.78 is 35.4. The molecule has 0 radical (unpaired) electrons. The fraction of sp³-hybridized carbons (Fsp3) is 0.273. The smallest absolute Gasteiger partial charge is 0.293 e. The van der Waals surface area contributed by atoms with Gasteiger partial charge in [0.2, 0.25) is 0 Å². The molecule has 59 heavy (non-hydrogen) atoms. The number of methoxy groups -OCH3 is 1. The van der Waals surface area contributed by atoms with Crippen molar-refractivity contribution in [1.29, 1.82) is 0 Å². The van der Waals surface area contributed by atoms with Gasteiger partial charge in [0.1, 0.15) is 17.8 Å². The Bertz CT molecular complexity index is 2480. The Hall–Kier alpha value is -5.74. The molecule has 306 valence electrons. The van der Waals surface area contributed by atoms with E-state index in [1.807, 2.05) is 74.8 Å². The number of nitro benzene ring substituents is 1. The van der Waals surface area contributed by atoms with Crippen LogP contribution in [0.2, 0.25) is 0 Å². The van der Waals surface area contributed by atoms with E-state index in [-0.39, 0.29) is 28.1 Å². The first kappa shape index (κ1) is 41.4. The van der Waals surface area contributed by atoms with E-state index in [9.17, 15) is 18.5 Å². The van der Waals surface area contributed by atoms with Crippen molar-refractivity contribution in [3.05, 3.63) is 137 Å². The van der Waals surface area contributed by atoms with E-state index in [4.69, 9.17) is 4.74 Å². The minimum atomic E-state index is -4.27. The van der Waals surface area contributed by atoms with Gasteiger partial charge in [-0.25, -0.2) is 18.4 Å². The molecule has 5 aromatic carbocycles. The zero-order valence-corrected chi connectivity index (χ0v) is 35.0. The predicted octanol–water partition coefficient (Wildman–Crippen LogP) is 7.86. The van der Waals surface area contributed by atoms with E-state index in [2.05, 4.69) is 71.1 Å². The van der Waals surface area contributed by atoms with Gasteiger partial charge in [-0.3, -0.25) is 19.7 Å². The quantitative estimate of drug-likeness (QED) is 0.0524. The van der Waals surface area contributed by atoms with Gasteiger partial charge >= 0.3 is 0 Å². The van der Waals surface area contributed by atoms with Crippen molar-refractivity contribution in [2.75, 3.05) is 74.6 Å². The molecule has 1 aromatic heterocycles. The van der Waals surface area contributed by atoms with Gasteiger partial charge in [0.15, 0.2) is 5.82 Å². The number of hydrogen-bond donors (Lipinski definition) is 2. The molecule has 13 nitrogen and oxygen atoms in total. The molecule has 15 heteroatoms. The average Bonchev–Trinajstić information content (AvgIpc) is 3.25. The Kier molecular flexibility index (Phi) is 13.3. The van der Waals surface area contributed by atoms with Crippen molar-refractivity contribution in [3.63, 3.8) is 0 Å². The molecule has 1 aliphatic rings. The third-order valence-electron chi connectivity index (χ3n) is 10.4. The zero-order chi connectivity index (χ0) is 41.4. The first-order chi connectivity index (χ1) is 28.6. The number of benzene rings is 5. The van der Waals surface area contributed by atoms with Crippen LogP contribution in [0.5, 0.6) is 5.75 Å². The summed E-state index contributed by atoms with van der Waals surface area (Å²) in [7, 11) is 1.36. The van der Waals surface area contributed by atoms with Crippen LogP contribution in [0, 0.1) is 10.1 Å². The van der Waals surface area contributed by atoms with E-state index < -0.39 is 14.9 Å². The number of rotatable bonds is 17. The highest BCUT2D eigenvalue weighted by molar-refractivity contribution is 7.99. The number of nitrogens with one attached hydrogen (secondary N) is 2. The molecule has 2 heterocycles. The van der Waals surface area contributed by atoms with Crippen LogP contribution in [-0.2, 0) is 16.6 Å². The van der Waals surface area contributed by atoms with E-state index >= 15 is 0 Å². The maximum Gasteiger partial charge on any atom is 0.293 e. The van der Waals surface area contributed by atoms with Gasteiger partial charge in [-0.15, -0.1) is 11.8 Å². The molecule has 0 amide bonds. The SMILES string of the molecule is COc1ccc(-c2ccccc2CN2CCN(c3ccc4c(NS(=O)(=O)c5ccc(N[C@H](CCN(C)C)CSc6ccccc6)c([N+](=O)[O-])c5)ncnc4c3)CC2)cc1. The van der Waals surface area contributed by atoms with Crippen molar-refractivity contribution in [3.8, 4) is 16.9 Å². The van der Waals surface area contributed by atoms with Crippen molar-refractivity contribution < 1.29 is 18.1 Å². The van der Waals surface area contributed by atoms with Crippen LogP contribution >= 0.6 is 11.8 Å². The number of nitrogens with zero attached hydrogens (tertiary/aromatic N) is 6. The number of anilines is 3. The second kappa shape index (κ2) is 18.9. The molecule has 0 unspecified atom stereocenters. The lowest BCUT2D eigenvalue weighted by Gasteiger charge is -2.36. The number of ether oxygens (including phenoxy) is 1. The summed E-state index contributed by atoms with van der Waals surface area (Å²) in [6.07, 6.45) is 2.05. The third kappa shape index (κ3) is 10.5. The van der Waals surface area contributed by atoms with Crippen LogP contribution in [0.1, 0.15) is 12.0 Å². The van der Waals surface area contributed by atoms with E-state index in [1.165, 1.54) is 29.6 Å². The molecule has 2 N–H and O–H groups in total. The van der Waals surface area contributed by atoms with Crippen LogP contribution in [-0.4, -0.2) is 98.8 Å². The van der Waals surface area contributed by atoms with Crippen LogP contribution in [0.4, 0.5) is 22.9 Å². The maximum atomic E-state index is 13.8. The molecule has 6 aromatic rings. The molecule has 0 bridgehead atoms. The van der Waals surface area contributed by atoms with E-state index in [1.54, 1.807) is 18.9 Å². The summed E-state index contributed by atoms with van der Waals surface area (Å²) in [5.74, 6) is 1.58. The van der Waals surface area contributed by atoms with Crippen LogP contribution in [0.3, 0.4) is 0 Å². The Morgan fingerprint density at radius 3 is 2.37 bits per heavy atom. The molecule has 0 aliphatic carbocycles. The summed E-state index contributed by atoms with van der Waals surface area (Å²) >= 11 is 1.66. The molecule has 1 saturated heterocycles. The lowest BCUT2D eigenvalue weighted by atomic mass is 9.99. The normalized spacial score (nSPS) is 14.0. The Morgan fingerprint density at radius 1 is 0.898 bits per heavy atom. The summed E-state index contributed by atoms with van der Waals surface area (Å²) in [4.78, 5) is 28.1. The van der Waals surface area contributed by atoms with Gasteiger partial charge in [-0.2, -0.15) is 0 Å².